The van der Waals surface area contributed by atoms with Gasteiger partial charge in [-0.2, -0.15) is 0 Å². The Morgan fingerprint density at radius 3 is 2.41 bits per heavy atom. The van der Waals surface area contributed by atoms with E-state index in [2.05, 4.69) is 43.6 Å². The Bertz CT molecular complexity index is 1120. The minimum absolute atomic E-state index is 0.0744. The second kappa shape index (κ2) is 11.8. The van der Waals surface area contributed by atoms with E-state index in [1.807, 2.05) is 41.0 Å². The summed E-state index contributed by atoms with van der Waals surface area (Å²) < 4.78 is 2.93. The average molecular weight is 542 g/mol. The molecule has 1 N–H and O–H groups in total. The standard InChI is InChI=1S/C26H29BrN4O2S/c1-18(32)28-16-15-25-29-30-26(31(25)23-13-11-22(27)12-14-23)34-17-24(33)21-9-7-20(8-10-21)19-5-3-2-4-6-19/h7-14,19H,2-6,15-17H2,1H3,(H,28,32). The number of hydrogen-bond acceptors (Lipinski definition) is 5. The van der Waals surface area contributed by atoms with Gasteiger partial charge in [-0.05, 0) is 48.6 Å². The van der Waals surface area contributed by atoms with Crippen LogP contribution in [0, 0.1) is 0 Å². The lowest BCUT2D eigenvalue weighted by atomic mass is 9.84. The molecule has 0 unspecified atom stereocenters. The van der Waals surface area contributed by atoms with Gasteiger partial charge in [-0.15, -0.1) is 10.2 Å². The zero-order chi connectivity index (χ0) is 23.9. The van der Waals surface area contributed by atoms with Crippen LogP contribution in [0.2, 0.25) is 0 Å². The summed E-state index contributed by atoms with van der Waals surface area (Å²) in [6.45, 7) is 1.97. The monoisotopic (exact) mass is 540 g/mol. The third-order valence-electron chi connectivity index (χ3n) is 6.15. The highest BCUT2D eigenvalue weighted by Gasteiger charge is 2.18. The topological polar surface area (TPSA) is 76.9 Å². The highest BCUT2D eigenvalue weighted by atomic mass is 79.9. The minimum atomic E-state index is -0.0793. The zero-order valence-corrected chi connectivity index (χ0v) is 21.7. The molecule has 1 heterocycles. The predicted octanol–water partition coefficient (Wildman–Crippen LogP) is 5.73. The fourth-order valence-corrected chi connectivity index (χ4v) is 5.48. The number of nitrogens with zero attached hydrogens (tertiary/aromatic N) is 3. The first-order valence-electron chi connectivity index (χ1n) is 11.7. The molecule has 178 valence electrons. The van der Waals surface area contributed by atoms with Gasteiger partial charge in [0.1, 0.15) is 5.82 Å². The summed E-state index contributed by atoms with van der Waals surface area (Å²) >= 11 is 4.85. The second-order valence-electron chi connectivity index (χ2n) is 8.61. The Labute approximate surface area is 213 Å². The number of carbonyl (C=O) groups excluding carboxylic acids is 2. The van der Waals surface area contributed by atoms with Crippen molar-refractivity contribution >= 4 is 39.4 Å². The van der Waals surface area contributed by atoms with Gasteiger partial charge >= 0.3 is 0 Å². The van der Waals surface area contributed by atoms with Crippen LogP contribution in [0.3, 0.4) is 0 Å². The minimum Gasteiger partial charge on any atom is -0.356 e. The molecule has 4 rings (SSSR count). The second-order valence-corrected chi connectivity index (χ2v) is 10.5. The van der Waals surface area contributed by atoms with Crippen molar-refractivity contribution in [3.05, 3.63) is 70.0 Å². The van der Waals surface area contributed by atoms with Crippen LogP contribution in [-0.4, -0.2) is 38.8 Å². The summed E-state index contributed by atoms with van der Waals surface area (Å²) in [6, 6.07) is 16.0. The molecule has 0 radical (unpaired) electrons. The largest absolute Gasteiger partial charge is 0.356 e. The van der Waals surface area contributed by atoms with E-state index in [9.17, 15) is 9.59 Å². The molecule has 6 nitrogen and oxygen atoms in total. The molecule has 1 aliphatic carbocycles. The molecule has 2 aromatic carbocycles. The van der Waals surface area contributed by atoms with E-state index >= 15 is 0 Å². The van der Waals surface area contributed by atoms with Crippen molar-refractivity contribution in [3.8, 4) is 5.69 Å². The number of ketones is 1. The highest BCUT2D eigenvalue weighted by Crippen LogP contribution is 2.32. The summed E-state index contributed by atoms with van der Waals surface area (Å²) in [5.41, 5.74) is 2.99. The van der Waals surface area contributed by atoms with Crippen LogP contribution in [0.5, 0.6) is 0 Å². The van der Waals surface area contributed by atoms with Crippen molar-refractivity contribution < 1.29 is 9.59 Å². The molecular formula is C26H29BrN4O2S. The molecule has 3 aromatic rings. The molecule has 1 saturated carbocycles. The fourth-order valence-electron chi connectivity index (χ4n) is 4.35. The number of thioether (sulfide) groups is 1. The Morgan fingerprint density at radius 2 is 1.74 bits per heavy atom. The van der Waals surface area contributed by atoms with Crippen LogP contribution in [0.25, 0.3) is 5.69 Å². The third kappa shape index (κ3) is 6.36. The molecular weight excluding hydrogens is 512 g/mol. The van der Waals surface area contributed by atoms with Crippen LogP contribution in [0.15, 0.2) is 58.2 Å². The van der Waals surface area contributed by atoms with E-state index in [4.69, 9.17) is 0 Å². The first kappa shape index (κ1) is 24.7. The summed E-state index contributed by atoms with van der Waals surface area (Å²) in [5, 5.41) is 12.2. The first-order chi connectivity index (χ1) is 16.5. The van der Waals surface area contributed by atoms with Gasteiger partial charge in [0, 0.05) is 35.6 Å². The molecule has 34 heavy (non-hydrogen) atoms. The molecule has 0 aliphatic heterocycles. The van der Waals surface area contributed by atoms with E-state index < -0.39 is 0 Å². The maximum atomic E-state index is 12.9. The molecule has 1 amide bonds. The molecule has 1 aromatic heterocycles. The van der Waals surface area contributed by atoms with Crippen molar-refractivity contribution in [3.63, 3.8) is 0 Å². The van der Waals surface area contributed by atoms with E-state index in [0.717, 1.165) is 21.5 Å². The van der Waals surface area contributed by atoms with Gasteiger partial charge < -0.3 is 5.32 Å². The van der Waals surface area contributed by atoms with Gasteiger partial charge in [-0.25, -0.2) is 0 Å². The average Bonchev–Trinajstić information content (AvgIpc) is 3.26. The van der Waals surface area contributed by atoms with Gasteiger partial charge in [-0.1, -0.05) is 71.2 Å². The molecule has 0 spiro atoms. The molecule has 1 aliphatic rings. The van der Waals surface area contributed by atoms with E-state index in [0.29, 0.717) is 24.0 Å². The lowest BCUT2D eigenvalue weighted by Crippen LogP contribution is -2.23. The lowest BCUT2D eigenvalue weighted by molar-refractivity contribution is -0.118. The summed E-state index contributed by atoms with van der Waals surface area (Å²) in [4.78, 5) is 24.2. The van der Waals surface area contributed by atoms with Crippen molar-refractivity contribution in [2.75, 3.05) is 12.3 Å². The maximum Gasteiger partial charge on any atom is 0.216 e. The normalized spacial score (nSPS) is 14.2. The number of carbonyl (C=O) groups is 2. The smallest absolute Gasteiger partial charge is 0.216 e. The Kier molecular flexibility index (Phi) is 8.56. The predicted molar refractivity (Wildman–Crippen MR) is 139 cm³/mol. The van der Waals surface area contributed by atoms with Crippen LogP contribution in [-0.2, 0) is 11.2 Å². The lowest BCUT2D eigenvalue weighted by Gasteiger charge is -2.22. The number of halogens is 1. The number of benzene rings is 2. The van der Waals surface area contributed by atoms with Crippen LogP contribution in [0.1, 0.15) is 66.7 Å². The van der Waals surface area contributed by atoms with Crippen molar-refractivity contribution in [2.45, 2.75) is 56.5 Å². The Balaban J connectivity index is 1.46. The molecule has 1 fully saturated rings. The van der Waals surface area contributed by atoms with Gasteiger partial charge in [0.05, 0.1) is 5.75 Å². The zero-order valence-electron chi connectivity index (χ0n) is 19.3. The third-order valence-corrected chi connectivity index (χ3v) is 7.61. The van der Waals surface area contributed by atoms with Gasteiger partial charge in [0.15, 0.2) is 10.9 Å². The first-order valence-corrected chi connectivity index (χ1v) is 13.5. The fraction of sp³-hybridized carbons (Fsp3) is 0.385. The van der Waals surface area contributed by atoms with E-state index in [-0.39, 0.29) is 17.4 Å². The summed E-state index contributed by atoms with van der Waals surface area (Å²) in [5.74, 6) is 1.65. The number of hydrogen-bond donors (Lipinski definition) is 1. The molecule has 8 heteroatoms. The van der Waals surface area contributed by atoms with Crippen LogP contribution < -0.4 is 5.32 Å². The maximum absolute atomic E-state index is 12.9. The quantitative estimate of drug-likeness (QED) is 0.277. The van der Waals surface area contributed by atoms with Crippen LogP contribution >= 0.6 is 27.7 Å². The molecule has 0 atom stereocenters. The number of Topliss-reactive ketones (excluding diaryl/α,β-unsaturated/α-hetero) is 1. The van der Waals surface area contributed by atoms with Crippen LogP contribution in [0.4, 0.5) is 0 Å². The molecule has 0 bridgehead atoms. The number of rotatable bonds is 9. The molecule has 0 saturated heterocycles. The van der Waals surface area contributed by atoms with E-state index in [1.54, 1.807) is 0 Å². The Morgan fingerprint density at radius 1 is 1.03 bits per heavy atom. The van der Waals surface area contributed by atoms with Gasteiger partial charge in [0.2, 0.25) is 5.91 Å². The van der Waals surface area contributed by atoms with Gasteiger partial charge in [0.25, 0.3) is 0 Å². The number of aromatic nitrogens is 3. The SMILES string of the molecule is CC(=O)NCCc1nnc(SCC(=O)c2ccc(C3CCCCC3)cc2)n1-c1ccc(Br)cc1. The summed E-state index contributed by atoms with van der Waals surface area (Å²) in [6.07, 6.45) is 6.98. The number of nitrogens with one attached hydrogen (secondary N) is 1. The highest BCUT2D eigenvalue weighted by molar-refractivity contribution is 9.10. The van der Waals surface area contributed by atoms with Crippen molar-refractivity contribution in [2.24, 2.45) is 0 Å². The van der Waals surface area contributed by atoms with Crippen molar-refractivity contribution in [1.29, 1.82) is 0 Å². The summed E-state index contributed by atoms with van der Waals surface area (Å²) in [7, 11) is 0. The number of amides is 1. The van der Waals surface area contributed by atoms with Crippen molar-refractivity contribution in [1.82, 2.24) is 20.1 Å². The van der Waals surface area contributed by atoms with Gasteiger partial charge in [-0.3, -0.25) is 14.2 Å². The Hall–Kier alpha value is -2.45. The van der Waals surface area contributed by atoms with E-state index in [1.165, 1.54) is 56.4 Å².